The second kappa shape index (κ2) is 10.7. The highest BCUT2D eigenvalue weighted by Gasteiger charge is 2.57. The molecule has 2 aliphatic rings. The predicted molar refractivity (Wildman–Crippen MR) is 127 cm³/mol. The molecule has 41 heavy (non-hydrogen) atoms. The number of alkyl halides is 6. The monoisotopic (exact) mass is 616 g/mol. The van der Waals surface area contributed by atoms with Gasteiger partial charge in [-0.05, 0) is 44.2 Å². The average Bonchev–Trinajstić information content (AvgIpc) is 3.13. The summed E-state index contributed by atoms with van der Waals surface area (Å²) in [6.45, 7) is 2.22. The van der Waals surface area contributed by atoms with Crippen LogP contribution in [0, 0.1) is 5.82 Å². The van der Waals surface area contributed by atoms with Crippen molar-refractivity contribution < 1.29 is 59.4 Å². The van der Waals surface area contributed by atoms with Gasteiger partial charge in [-0.15, -0.1) is 4.78 Å². The SMILES string of the molecule is CCOC1(c2ccc(F)cc2)COCCN1N1C(=O)N(P(=O)(O)O)N(c2cc(C(F)(F)F)cc(C(F)(F)F)c2)C1C. The number of benzene rings is 2. The van der Waals surface area contributed by atoms with Gasteiger partial charge in [0.1, 0.15) is 12.0 Å². The fraction of sp³-hybridized carbons (Fsp3) is 0.435. The summed E-state index contributed by atoms with van der Waals surface area (Å²) in [5.41, 5.74) is -5.93. The van der Waals surface area contributed by atoms with Crippen molar-refractivity contribution in [3.8, 4) is 0 Å². The van der Waals surface area contributed by atoms with Crippen molar-refractivity contribution in [3.63, 3.8) is 0 Å². The Labute approximate surface area is 228 Å². The molecule has 2 N–H and O–H groups in total. The topological polar surface area (TPSA) is 106 Å². The molecule has 0 spiro atoms. The van der Waals surface area contributed by atoms with E-state index in [0.29, 0.717) is 5.01 Å². The van der Waals surface area contributed by atoms with Crippen molar-refractivity contribution in [2.24, 2.45) is 0 Å². The smallest absolute Gasteiger partial charge is 0.375 e. The van der Waals surface area contributed by atoms with Gasteiger partial charge < -0.3 is 19.3 Å². The molecule has 2 saturated heterocycles. The summed E-state index contributed by atoms with van der Waals surface area (Å²) in [4.78, 5) is 33.8. The first-order chi connectivity index (χ1) is 18.9. The molecule has 4 rings (SSSR count). The van der Waals surface area contributed by atoms with Crippen LogP contribution in [0.15, 0.2) is 42.5 Å². The summed E-state index contributed by atoms with van der Waals surface area (Å²) in [6, 6.07) is 3.70. The number of anilines is 1. The minimum atomic E-state index is -5.71. The third kappa shape index (κ3) is 5.74. The van der Waals surface area contributed by atoms with E-state index in [2.05, 4.69) is 0 Å². The number of hydrazine groups is 2. The Bertz CT molecular complexity index is 1300. The van der Waals surface area contributed by atoms with E-state index in [9.17, 15) is 49.9 Å². The van der Waals surface area contributed by atoms with E-state index in [1.807, 2.05) is 0 Å². The lowest BCUT2D eigenvalue weighted by Gasteiger charge is -2.50. The maximum atomic E-state index is 13.7. The number of amides is 2. The summed E-state index contributed by atoms with van der Waals surface area (Å²) in [7, 11) is -5.71. The Morgan fingerprint density at radius 3 is 2.07 bits per heavy atom. The Kier molecular flexibility index (Phi) is 8.10. The molecule has 2 heterocycles. The molecule has 2 unspecified atom stereocenters. The van der Waals surface area contributed by atoms with Crippen LogP contribution in [0.4, 0.5) is 41.2 Å². The number of rotatable bonds is 6. The van der Waals surface area contributed by atoms with Gasteiger partial charge in [0.2, 0.25) is 0 Å². The number of halogens is 7. The molecule has 0 aromatic heterocycles. The first-order valence-corrected chi connectivity index (χ1v) is 13.5. The van der Waals surface area contributed by atoms with Gasteiger partial charge in [-0.1, -0.05) is 12.1 Å². The third-order valence-electron chi connectivity index (χ3n) is 6.46. The highest BCUT2D eigenvalue weighted by molar-refractivity contribution is 7.50. The second-order valence-electron chi connectivity index (χ2n) is 9.07. The highest BCUT2D eigenvalue weighted by Crippen LogP contribution is 2.51. The summed E-state index contributed by atoms with van der Waals surface area (Å²) in [6.07, 6.45) is -12.1. The van der Waals surface area contributed by atoms with Gasteiger partial charge >= 0.3 is 26.1 Å². The molecule has 10 nitrogen and oxygen atoms in total. The average molecular weight is 616 g/mol. The molecule has 0 bridgehead atoms. The zero-order valence-electron chi connectivity index (χ0n) is 21.4. The van der Waals surface area contributed by atoms with Crippen LogP contribution in [0.2, 0.25) is 0 Å². The summed E-state index contributed by atoms with van der Waals surface area (Å²) in [5, 5.41) is 2.33. The number of ether oxygens (including phenoxy) is 2. The Morgan fingerprint density at radius 2 is 1.59 bits per heavy atom. The van der Waals surface area contributed by atoms with Crippen molar-refractivity contribution in [1.82, 2.24) is 14.8 Å². The minimum absolute atomic E-state index is 0.0118. The van der Waals surface area contributed by atoms with Crippen LogP contribution in [0.25, 0.3) is 0 Å². The van der Waals surface area contributed by atoms with Gasteiger partial charge in [-0.25, -0.2) is 23.8 Å². The van der Waals surface area contributed by atoms with E-state index >= 15 is 0 Å². The maximum Gasteiger partial charge on any atom is 0.452 e. The van der Waals surface area contributed by atoms with Crippen LogP contribution in [-0.4, -0.2) is 63.1 Å². The fourth-order valence-electron chi connectivity index (χ4n) is 4.82. The van der Waals surface area contributed by atoms with Crippen LogP contribution in [0.1, 0.15) is 30.5 Å². The lowest BCUT2D eigenvalue weighted by Crippen LogP contribution is -2.64. The number of hydrogen-bond donors (Lipinski definition) is 2. The zero-order chi connectivity index (χ0) is 30.5. The largest absolute Gasteiger partial charge is 0.452 e. The van der Waals surface area contributed by atoms with E-state index in [-0.39, 0.29) is 54.9 Å². The van der Waals surface area contributed by atoms with Crippen LogP contribution >= 0.6 is 7.75 Å². The highest BCUT2D eigenvalue weighted by atomic mass is 31.2. The minimum Gasteiger partial charge on any atom is -0.375 e. The van der Waals surface area contributed by atoms with E-state index in [1.165, 1.54) is 17.1 Å². The molecule has 2 aliphatic heterocycles. The molecular weight excluding hydrogens is 592 g/mol. The third-order valence-corrected chi connectivity index (χ3v) is 7.32. The number of morpholine rings is 1. The summed E-state index contributed by atoms with van der Waals surface area (Å²) < 4.78 is 119. The first kappa shape index (κ1) is 31.0. The molecule has 0 saturated carbocycles. The van der Waals surface area contributed by atoms with Gasteiger partial charge in [0.25, 0.3) is 0 Å². The Hall–Kier alpha value is -2.95. The molecule has 2 aromatic rings. The zero-order valence-corrected chi connectivity index (χ0v) is 22.3. The lowest BCUT2D eigenvalue weighted by molar-refractivity contribution is -0.283. The van der Waals surface area contributed by atoms with Crippen molar-refractivity contribution in [1.29, 1.82) is 0 Å². The number of urea groups is 1. The predicted octanol–water partition coefficient (Wildman–Crippen LogP) is 4.90. The van der Waals surface area contributed by atoms with Gasteiger partial charge in [-0.3, -0.25) is 0 Å². The van der Waals surface area contributed by atoms with Gasteiger partial charge in [0.15, 0.2) is 5.72 Å². The van der Waals surface area contributed by atoms with Crippen LogP contribution in [-0.2, 0) is 32.1 Å². The molecule has 226 valence electrons. The second-order valence-corrected chi connectivity index (χ2v) is 10.5. The van der Waals surface area contributed by atoms with Crippen LogP contribution < -0.4 is 5.01 Å². The maximum absolute atomic E-state index is 13.7. The van der Waals surface area contributed by atoms with Gasteiger partial charge in [0.05, 0.1) is 30.0 Å². The van der Waals surface area contributed by atoms with Gasteiger partial charge in [-0.2, -0.15) is 31.4 Å². The molecule has 0 radical (unpaired) electrons. The first-order valence-electron chi connectivity index (χ1n) is 11.9. The van der Waals surface area contributed by atoms with E-state index < -0.39 is 60.7 Å². The number of carbonyl (C=O) groups is 1. The van der Waals surface area contributed by atoms with Gasteiger partial charge in [0, 0.05) is 18.7 Å². The van der Waals surface area contributed by atoms with Crippen LogP contribution in [0.5, 0.6) is 0 Å². The van der Waals surface area contributed by atoms with Crippen molar-refractivity contribution >= 4 is 19.5 Å². The molecule has 18 heteroatoms. The van der Waals surface area contributed by atoms with Crippen molar-refractivity contribution in [2.75, 3.05) is 31.4 Å². The normalized spacial score (nSPS) is 23.0. The van der Waals surface area contributed by atoms with E-state index in [0.717, 1.165) is 24.1 Å². The van der Waals surface area contributed by atoms with Crippen LogP contribution in [0.3, 0.4) is 0 Å². The van der Waals surface area contributed by atoms with Crippen molar-refractivity contribution in [3.05, 3.63) is 65.0 Å². The fourth-order valence-corrected chi connectivity index (χ4v) is 5.64. The van der Waals surface area contributed by atoms with Crippen molar-refractivity contribution in [2.45, 2.75) is 38.1 Å². The van der Waals surface area contributed by atoms with E-state index in [4.69, 9.17) is 9.47 Å². The lowest BCUT2D eigenvalue weighted by atomic mass is 10.0. The standard InChI is InChI=1S/C23H24F7N4O6P/c1-3-40-21(15-4-6-18(24)7-5-15)13-39-9-8-31(21)33-14(2)32(34(20(33)35)41(36,37)38)19-11-16(22(25,26)27)10-17(12-19)23(28,29)30/h4-7,10-12,14H,3,8-9,13H2,1-2H3,(H2,36,37,38). The van der Waals surface area contributed by atoms with E-state index in [1.54, 1.807) is 6.92 Å². The number of carbonyl (C=O) groups excluding carboxylic acids is 1. The Morgan fingerprint density at radius 1 is 1.02 bits per heavy atom. The number of hydrogen-bond acceptors (Lipinski definition) is 6. The molecule has 2 aromatic carbocycles. The Balaban J connectivity index is 1.91. The molecular formula is C23H24F7N4O6P. The summed E-state index contributed by atoms with van der Waals surface area (Å²) in [5.74, 6) is -0.613. The molecule has 2 amide bonds. The molecule has 0 aliphatic carbocycles. The molecule has 2 fully saturated rings. The quantitative estimate of drug-likeness (QED) is 0.349. The summed E-state index contributed by atoms with van der Waals surface area (Å²) >= 11 is 0. The molecule has 2 atom stereocenters. The number of nitrogens with zero attached hydrogens (tertiary/aromatic N) is 4.